The predicted molar refractivity (Wildman–Crippen MR) is 126 cm³/mol. The van der Waals surface area contributed by atoms with Gasteiger partial charge in [-0.25, -0.2) is 0 Å². The highest BCUT2D eigenvalue weighted by molar-refractivity contribution is 6.39. The van der Waals surface area contributed by atoms with Crippen molar-refractivity contribution in [1.82, 2.24) is 14.8 Å². The van der Waals surface area contributed by atoms with Crippen molar-refractivity contribution in [3.8, 4) is 0 Å². The average Bonchev–Trinajstić information content (AvgIpc) is 3.21. The first kappa shape index (κ1) is 21.8. The first-order valence-electron chi connectivity index (χ1n) is 11.0. The van der Waals surface area contributed by atoms with Crippen molar-refractivity contribution in [2.75, 3.05) is 18.4 Å². The second kappa shape index (κ2) is 9.40. The third-order valence-electron chi connectivity index (χ3n) is 6.35. The number of nitrogens with one attached hydrogen (secondary N) is 2. The highest BCUT2D eigenvalue weighted by atomic mass is 16.2. The summed E-state index contributed by atoms with van der Waals surface area (Å²) in [6, 6.07) is 18.2. The van der Waals surface area contributed by atoms with Gasteiger partial charge in [-0.15, -0.1) is 0 Å². The van der Waals surface area contributed by atoms with E-state index in [1.807, 2.05) is 51.4 Å². The zero-order valence-corrected chi connectivity index (χ0v) is 18.9. The van der Waals surface area contributed by atoms with Gasteiger partial charge in [0.1, 0.15) is 0 Å². The quantitative estimate of drug-likeness (QED) is 0.609. The molecule has 0 aliphatic carbocycles. The van der Waals surface area contributed by atoms with Gasteiger partial charge in [0.15, 0.2) is 0 Å². The fourth-order valence-corrected chi connectivity index (χ4v) is 4.30. The molecule has 32 heavy (non-hydrogen) atoms. The fourth-order valence-electron chi connectivity index (χ4n) is 4.30. The molecule has 0 saturated carbocycles. The van der Waals surface area contributed by atoms with Crippen LogP contribution in [0.4, 0.5) is 5.69 Å². The van der Waals surface area contributed by atoms with Gasteiger partial charge >= 0.3 is 11.8 Å². The standard InChI is InChI=1S/C26H30N4O2/c1-18-10-11-22(15-19(18)2)28-26(32)25(31)27-16-24(23-9-6-13-29(23)3)30-14-12-20-7-4-5-8-21(20)17-30/h4-11,13,15,24H,12,14,16-17H2,1-3H3,(H,27,31)(H,28,32). The van der Waals surface area contributed by atoms with Gasteiger partial charge in [0, 0.05) is 44.3 Å². The van der Waals surface area contributed by atoms with Crippen molar-refractivity contribution >= 4 is 17.5 Å². The third-order valence-corrected chi connectivity index (χ3v) is 6.35. The van der Waals surface area contributed by atoms with Crippen LogP contribution in [0, 0.1) is 13.8 Å². The topological polar surface area (TPSA) is 66.4 Å². The molecule has 0 radical (unpaired) electrons. The van der Waals surface area contributed by atoms with Crippen LogP contribution in [-0.4, -0.2) is 34.4 Å². The SMILES string of the molecule is Cc1ccc(NC(=O)C(=O)NCC(c2cccn2C)N2CCc3ccccc3C2)cc1C. The molecule has 1 aliphatic heterocycles. The number of amides is 2. The van der Waals surface area contributed by atoms with Crippen LogP contribution in [0.25, 0.3) is 0 Å². The summed E-state index contributed by atoms with van der Waals surface area (Å²) in [6.45, 7) is 6.07. The Morgan fingerprint density at radius 2 is 1.75 bits per heavy atom. The van der Waals surface area contributed by atoms with E-state index in [9.17, 15) is 9.59 Å². The number of fused-ring (bicyclic) bond motifs is 1. The largest absolute Gasteiger partial charge is 0.353 e. The average molecular weight is 431 g/mol. The molecule has 166 valence electrons. The summed E-state index contributed by atoms with van der Waals surface area (Å²) >= 11 is 0. The molecule has 3 aromatic rings. The summed E-state index contributed by atoms with van der Waals surface area (Å²) in [6.07, 6.45) is 2.98. The number of hydrogen-bond acceptors (Lipinski definition) is 3. The van der Waals surface area contributed by atoms with Crippen molar-refractivity contribution in [2.45, 2.75) is 32.9 Å². The van der Waals surface area contributed by atoms with E-state index in [4.69, 9.17) is 0 Å². The number of aryl methyl sites for hydroxylation is 3. The van der Waals surface area contributed by atoms with Crippen LogP contribution in [0.3, 0.4) is 0 Å². The second-order valence-electron chi connectivity index (χ2n) is 8.51. The molecule has 0 spiro atoms. The van der Waals surface area contributed by atoms with Crippen molar-refractivity contribution in [2.24, 2.45) is 7.05 Å². The summed E-state index contributed by atoms with van der Waals surface area (Å²) in [5.74, 6) is -1.28. The summed E-state index contributed by atoms with van der Waals surface area (Å²) in [5, 5.41) is 5.56. The van der Waals surface area contributed by atoms with Gasteiger partial charge in [0.2, 0.25) is 0 Å². The first-order valence-corrected chi connectivity index (χ1v) is 11.0. The lowest BCUT2D eigenvalue weighted by molar-refractivity contribution is -0.136. The molecule has 2 heterocycles. The molecule has 1 aromatic heterocycles. The van der Waals surface area contributed by atoms with Crippen molar-refractivity contribution in [3.63, 3.8) is 0 Å². The number of benzene rings is 2. The Morgan fingerprint density at radius 1 is 0.969 bits per heavy atom. The van der Waals surface area contributed by atoms with Crippen LogP contribution in [0.5, 0.6) is 0 Å². The Balaban J connectivity index is 1.45. The maximum absolute atomic E-state index is 12.6. The van der Waals surface area contributed by atoms with Crippen LogP contribution < -0.4 is 10.6 Å². The number of carbonyl (C=O) groups excluding carboxylic acids is 2. The van der Waals surface area contributed by atoms with Crippen molar-refractivity contribution in [1.29, 1.82) is 0 Å². The molecule has 1 atom stereocenters. The number of aromatic nitrogens is 1. The molecule has 0 saturated heterocycles. The number of hydrogen-bond donors (Lipinski definition) is 2. The van der Waals surface area contributed by atoms with Crippen LogP contribution >= 0.6 is 0 Å². The lowest BCUT2D eigenvalue weighted by Gasteiger charge is -2.36. The maximum Gasteiger partial charge on any atom is 0.313 e. The molecule has 0 fully saturated rings. The molecule has 1 aliphatic rings. The maximum atomic E-state index is 12.6. The third kappa shape index (κ3) is 4.75. The minimum atomic E-state index is -0.650. The molecule has 2 aromatic carbocycles. The molecule has 0 bridgehead atoms. The van der Waals surface area contributed by atoms with Crippen LogP contribution in [0.15, 0.2) is 60.8 Å². The Kier molecular flexibility index (Phi) is 6.42. The van der Waals surface area contributed by atoms with Crippen LogP contribution in [0.1, 0.15) is 34.0 Å². The number of carbonyl (C=O) groups is 2. The summed E-state index contributed by atoms with van der Waals surface area (Å²) in [7, 11) is 2.01. The number of anilines is 1. The van der Waals surface area contributed by atoms with Gasteiger partial charge in [-0.1, -0.05) is 30.3 Å². The molecular formula is C26H30N4O2. The molecule has 6 heteroatoms. The zero-order chi connectivity index (χ0) is 22.7. The van der Waals surface area contributed by atoms with E-state index < -0.39 is 11.8 Å². The zero-order valence-electron chi connectivity index (χ0n) is 18.9. The number of rotatable bonds is 5. The fraction of sp³-hybridized carbons (Fsp3) is 0.308. The summed E-state index contributed by atoms with van der Waals surface area (Å²) in [4.78, 5) is 27.4. The first-order chi connectivity index (χ1) is 15.4. The van der Waals surface area contributed by atoms with E-state index in [1.165, 1.54) is 11.1 Å². The Labute approximate surface area is 189 Å². The molecule has 2 amide bonds. The van der Waals surface area contributed by atoms with Gasteiger partial charge in [0.05, 0.1) is 6.04 Å². The Morgan fingerprint density at radius 3 is 2.47 bits per heavy atom. The van der Waals surface area contributed by atoms with Gasteiger partial charge in [-0.05, 0) is 66.8 Å². The van der Waals surface area contributed by atoms with E-state index in [2.05, 4.69) is 50.4 Å². The van der Waals surface area contributed by atoms with Gasteiger partial charge < -0.3 is 15.2 Å². The normalized spacial score (nSPS) is 14.5. The van der Waals surface area contributed by atoms with Gasteiger partial charge in [-0.3, -0.25) is 14.5 Å². The number of nitrogens with zero attached hydrogens (tertiary/aromatic N) is 2. The molecule has 6 nitrogen and oxygen atoms in total. The summed E-state index contributed by atoms with van der Waals surface area (Å²) < 4.78 is 2.08. The lowest BCUT2D eigenvalue weighted by Crippen LogP contribution is -2.44. The van der Waals surface area contributed by atoms with E-state index in [1.54, 1.807) is 0 Å². The predicted octanol–water partition coefficient (Wildman–Crippen LogP) is 3.50. The molecule has 2 N–H and O–H groups in total. The smallest absolute Gasteiger partial charge is 0.313 e. The summed E-state index contributed by atoms with van der Waals surface area (Å²) in [5.41, 5.74) is 6.64. The van der Waals surface area contributed by atoms with E-state index in [0.29, 0.717) is 12.2 Å². The van der Waals surface area contributed by atoms with Crippen LogP contribution in [-0.2, 0) is 29.6 Å². The highest BCUT2D eigenvalue weighted by Gasteiger charge is 2.27. The molecule has 4 rings (SSSR count). The molecular weight excluding hydrogens is 400 g/mol. The Bertz CT molecular complexity index is 1130. The van der Waals surface area contributed by atoms with Crippen molar-refractivity contribution < 1.29 is 9.59 Å². The van der Waals surface area contributed by atoms with E-state index >= 15 is 0 Å². The molecule has 1 unspecified atom stereocenters. The minimum absolute atomic E-state index is 0.0262. The van der Waals surface area contributed by atoms with E-state index in [0.717, 1.165) is 36.3 Å². The minimum Gasteiger partial charge on any atom is -0.353 e. The van der Waals surface area contributed by atoms with E-state index in [-0.39, 0.29) is 6.04 Å². The lowest BCUT2D eigenvalue weighted by atomic mass is 9.98. The second-order valence-corrected chi connectivity index (χ2v) is 8.51. The highest BCUT2D eigenvalue weighted by Crippen LogP contribution is 2.27. The van der Waals surface area contributed by atoms with Gasteiger partial charge in [-0.2, -0.15) is 0 Å². The van der Waals surface area contributed by atoms with Gasteiger partial charge in [0.25, 0.3) is 0 Å². The van der Waals surface area contributed by atoms with Crippen LogP contribution in [0.2, 0.25) is 0 Å². The monoisotopic (exact) mass is 430 g/mol. The van der Waals surface area contributed by atoms with Crippen molar-refractivity contribution in [3.05, 3.63) is 88.7 Å². The Hall–Kier alpha value is -3.38.